The first-order valence-electron chi connectivity index (χ1n) is 8.88. The summed E-state index contributed by atoms with van der Waals surface area (Å²) in [7, 11) is 0. The zero-order valence-electron chi connectivity index (χ0n) is 14.6. The molecule has 132 valence electrons. The Labute approximate surface area is 148 Å². The lowest BCUT2D eigenvalue weighted by Gasteiger charge is -2.35. The van der Waals surface area contributed by atoms with Crippen LogP contribution in [0.25, 0.3) is 0 Å². The van der Waals surface area contributed by atoms with Gasteiger partial charge in [0.2, 0.25) is 5.91 Å². The fourth-order valence-corrected chi connectivity index (χ4v) is 4.73. The van der Waals surface area contributed by atoms with Crippen molar-refractivity contribution in [2.45, 2.75) is 39.7 Å². The fourth-order valence-electron chi connectivity index (χ4n) is 3.84. The summed E-state index contributed by atoms with van der Waals surface area (Å²) in [6.45, 7) is 7.94. The van der Waals surface area contributed by atoms with Crippen molar-refractivity contribution in [3.8, 4) is 0 Å². The predicted octanol–water partition coefficient (Wildman–Crippen LogP) is 2.71. The van der Waals surface area contributed by atoms with E-state index in [2.05, 4.69) is 30.6 Å². The first-order valence-corrected chi connectivity index (χ1v) is 9.76. The smallest absolute Gasteiger partial charge is 0.317 e. The van der Waals surface area contributed by atoms with E-state index in [1.807, 2.05) is 9.80 Å². The quantitative estimate of drug-likeness (QED) is 0.912. The molecule has 5 nitrogen and oxygen atoms in total. The molecule has 1 saturated heterocycles. The van der Waals surface area contributed by atoms with Crippen molar-refractivity contribution in [1.82, 2.24) is 15.1 Å². The zero-order chi connectivity index (χ0) is 17.1. The van der Waals surface area contributed by atoms with E-state index in [4.69, 9.17) is 0 Å². The molecule has 0 bridgehead atoms. The third kappa shape index (κ3) is 4.09. The van der Waals surface area contributed by atoms with Crippen LogP contribution in [0.3, 0.4) is 0 Å². The highest BCUT2D eigenvalue weighted by Crippen LogP contribution is 2.24. The third-order valence-electron chi connectivity index (χ3n) is 4.93. The molecule has 0 radical (unpaired) electrons. The van der Waals surface area contributed by atoms with Crippen LogP contribution in [0, 0.1) is 11.8 Å². The minimum absolute atomic E-state index is 0.0278. The van der Waals surface area contributed by atoms with E-state index in [0.717, 1.165) is 26.1 Å². The minimum Gasteiger partial charge on any atom is -0.338 e. The normalized spacial score (nSPS) is 23.8. The maximum atomic E-state index is 12.4. The molecule has 2 aliphatic heterocycles. The van der Waals surface area contributed by atoms with Crippen molar-refractivity contribution in [3.05, 3.63) is 21.9 Å². The van der Waals surface area contributed by atoms with E-state index in [1.54, 1.807) is 11.3 Å². The Kier molecular flexibility index (Phi) is 5.43. The molecule has 0 aromatic carbocycles. The van der Waals surface area contributed by atoms with Gasteiger partial charge in [-0.3, -0.25) is 4.79 Å². The molecule has 3 heterocycles. The summed E-state index contributed by atoms with van der Waals surface area (Å²) in [6.07, 6.45) is 2.51. The number of carbonyl (C=O) groups is 2. The van der Waals surface area contributed by atoms with Gasteiger partial charge in [0.25, 0.3) is 0 Å². The summed E-state index contributed by atoms with van der Waals surface area (Å²) < 4.78 is 0. The third-order valence-corrected chi connectivity index (χ3v) is 5.95. The highest BCUT2D eigenvalue weighted by molar-refractivity contribution is 7.10. The molecule has 3 rings (SSSR count). The SMILES string of the molecule is CC1CC(C)CN(C(=O)NCCC(=O)N2CCc3sccc3C2)C1. The van der Waals surface area contributed by atoms with Crippen molar-refractivity contribution in [1.29, 1.82) is 0 Å². The lowest BCUT2D eigenvalue weighted by molar-refractivity contribution is -0.131. The lowest BCUT2D eigenvalue weighted by atomic mass is 9.92. The van der Waals surface area contributed by atoms with Gasteiger partial charge in [-0.15, -0.1) is 11.3 Å². The standard InChI is InChI=1S/C18H27N3O2S/c1-13-9-14(2)11-21(10-13)18(23)19-6-3-17(22)20-7-4-16-15(12-20)5-8-24-16/h5,8,13-14H,3-4,6-7,9-12H2,1-2H3,(H,19,23). The number of piperidine rings is 1. The first kappa shape index (κ1) is 17.3. The van der Waals surface area contributed by atoms with Gasteiger partial charge in [-0.1, -0.05) is 13.8 Å². The van der Waals surface area contributed by atoms with Crippen molar-refractivity contribution in [2.24, 2.45) is 11.8 Å². The number of carbonyl (C=O) groups excluding carboxylic acids is 2. The van der Waals surface area contributed by atoms with Crippen LogP contribution in [-0.2, 0) is 17.8 Å². The second-order valence-corrected chi connectivity index (χ2v) is 8.27. The molecule has 2 atom stereocenters. The average Bonchev–Trinajstić information content (AvgIpc) is 3.01. The number of rotatable bonds is 3. The molecule has 1 aromatic heterocycles. The minimum atomic E-state index is -0.0278. The van der Waals surface area contributed by atoms with E-state index in [9.17, 15) is 9.59 Å². The molecular formula is C18H27N3O2S. The van der Waals surface area contributed by atoms with Gasteiger partial charge in [0.15, 0.2) is 0 Å². The topological polar surface area (TPSA) is 52.7 Å². The largest absolute Gasteiger partial charge is 0.338 e. The van der Waals surface area contributed by atoms with Crippen LogP contribution in [0.15, 0.2) is 11.4 Å². The first-order chi connectivity index (χ1) is 11.5. The van der Waals surface area contributed by atoms with Gasteiger partial charge >= 0.3 is 6.03 Å². The number of hydrogen-bond donors (Lipinski definition) is 1. The molecule has 2 unspecified atom stereocenters. The molecule has 3 amide bonds. The van der Waals surface area contributed by atoms with Gasteiger partial charge in [0.05, 0.1) is 0 Å². The molecule has 2 aliphatic rings. The summed E-state index contributed by atoms with van der Waals surface area (Å²) in [6, 6.07) is 2.08. The van der Waals surface area contributed by atoms with Gasteiger partial charge in [-0.25, -0.2) is 4.79 Å². The van der Waals surface area contributed by atoms with E-state index in [1.165, 1.54) is 16.9 Å². The Hall–Kier alpha value is -1.56. The number of urea groups is 1. The average molecular weight is 350 g/mol. The molecule has 0 aliphatic carbocycles. The summed E-state index contributed by atoms with van der Waals surface area (Å²) in [5.41, 5.74) is 1.28. The zero-order valence-corrected chi connectivity index (χ0v) is 15.4. The Bertz CT molecular complexity index is 591. The molecule has 6 heteroatoms. The number of amides is 3. The molecule has 0 spiro atoms. The number of nitrogens with one attached hydrogen (secondary N) is 1. The monoisotopic (exact) mass is 349 g/mol. The predicted molar refractivity (Wildman–Crippen MR) is 96.0 cm³/mol. The number of likely N-dealkylation sites (tertiary alicyclic amines) is 1. The summed E-state index contributed by atoms with van der Waals surface area (Å²) in [5, 5.41) is 5.02. The second-order valence-electron chi connectivity index (χ2n) is 7.27. The summed E-state index contributed by atoms with van der Waals surface area (Å²) in [5.74, 6) is 1.23. The van der Waals surface area contributed by atoms with E-state index in [-0.39, 0.29) is 11.9 Å². The van der Waals surface area contributed by atoms with Gasteiger partial charge in [-0.2, -0.15) is 0 Å². The van der Waals surface area contributed by atoms with E-state index < -0.39 is 0 Å². The number of nitrogens with zero attached hydrogens (tertiary/aromatic N) is 2. The lowest BCUT2D eigenvalue weighted by Crippen LogP contribution is -2.48. The van der Waals surface area contributed by atoms with E-state index >= 15 is 0 Å². The summed E-state index contributed by atoms with van der Waals surface area (Å²) in [4.78, 5) is 29.8. The highest BCUT2D eigenvalue weighted by Gasteiger charge is 2.26. The van der Waals surface area contributed by atoms with Crippen LogP contribution in [0.4, 0.5) is 4.79 Å². The Morgan fingerprint density at radius 1 is 1.25 bits per heavy atom. The number of thiophene rings is 1. The number of fused-ring (bicyclic) bond motifs is 1. The van der Waals surface area contributed by atoms with Gasteiger partial charge in [0.1, 0.15) is 0 Å². The summed E-state index contributed by atoms with van der Waals surface area (Å²) >= 11 is 1.78. The van der Waals surface area contributed by atoms with Crippen LogP contribution in [-0.4, -0.2) is 47.9 Å². The van der Waals surface area contributed by atoms with E-state index in [0.29, 0.717) is 31.3 Å². The highest BCUT2D eigenvalue weighted by atomic mass is 32.1. The second kappa shape index (κ2) is 7.55. The molecule has 24 heavy (non-hydrogen) atoms. The Morgan fingerprint density at radius 2 is 2.00 bits per heavy atom. The van der Waals surface area contributed by atoms with Crippen LogP contribution in [0.1, 0.15) is 37.1 Å². The molecular weight excluding hydrogens is 322 g/mol. The van der Waals surface area contributed by atoms with Crippen molar-refractivity contribution >= 4 is 23.3 Å². The van der Waals surface area contributed by atoms with Crippen molar-refractivity contribution < 1.29 is 9.59 Å². The van der Waals surface area contributed by atoms with Gasteiger partial charge in [0, 0.05) is 44.0 Å². The maximum Gasteiger partial charge on any atom is 0.317 e. The maximum absolute atomic E-state index is 12.4. The van der Waals surface area contributed by atoms with Crippen molar-refractivity contribution in [3.63, 3.8) is 0 Å². The molecule has 1 N–H and O–H groups in total. The number of hydrogen-bond acceptors (Lipinski definition) is 3. The Morgan fingerprint density at radius 3 is 2.75 bits per heavy atom. The van der Waals surface area contributed by atoms with Gasteiger partial charge in [-0.05, 0) is 41.7 Å². The molecule has 0 saturated carbocycles. The fraction of sp³-hybridized carbons (Fsp3) is 0.667. The molecule has 1 fully saturated rings. The van der Waals surface area contributed by atoms with Crippen LogP contribution in [0.5, 0.6) is 0 Å². The van der Waals surface area contributed by atoms with Crippen LogP contribution >= 0.6 is 11.3 Å². The van der Waals surface area contributed by atoms with Crippen LogP contribution < -0.4 is 5.32 Å². The molecule has 1 aromatic rings. The Balaban J connectivity index is 1.41. The van der Waals surface area contributed by atoms with Crippen molar-refractivity contribution in [2.75, 3.05) is 26.2 Å². The van der Waals surface area contributed by atoms with Crippen LogP contribution in [0.2, 0.25) is 0 Å². The van der Waals surface area contributed by atoms with Gasteiger partial charge < -0.3 is 15.1 Å².